The SMILES string of the molecule is CC(C)(C)OC=Cc1c(OC(C)(C)C)cccc1-c1ccccc1. The molecule has 0 N–H and O–H groups in total. The summed E-state index contributed by atoms with van der Waals surface area (Å²) in [7, 11) is 0. The van der Waals surface area contributed by atoms with Crippen LogP contribution in [-0.4, -0.2) is 11.2 Å². The van der Waals surface area contributed by atoms with Crippen molar-refractivity contribution < 1.29 is 9.47 Å². The first-order valence-corrected chi connectivity index (χ1v) is 8.37. The minimum atomic E-state index is -0.261. The van der Waals surface area contributed by atoms with Crippen molar-refractivity contribution >= 4 is 6.08 Å². The molecular weight excluding hydrogens is 296 g/mol. The molecule has 0 atom stereocenters. The maximum atomic E-state index is 6.17. The quantitative estimate of drug-likeness (QED) is 0.613. The highest BCUT2D eigenvalue weighted by atomic mass is 16.5. The van der Waals surface area contributed by atoms with E-state index in [1.165, 1.54) is 0 Å². The smallest absolute Gasteiger partial charge is 0.128 e. The zero-order valence-corrected chi connectivity index (χ0v) is 15.6. The number of rotatable bonds is 4. The van der Waals surface area contributed by atoms with E-state index < -0.39 is 0 Å². The van der Waals surface area contributed by atoms with Crippen molar-refractivity contribution in [1.82, 2.24) is 0 Å². The van der Waals surface area contributed by atoms with Crippen LogP contribution < -0.4 is 4.74 Å². The Morgan fingerprint density at radius 2 is 1.42 bits per heavy atom. The molecule has 0 spiro atoms. The van der Waals surface area contributed by atoms with E-state index in [1.807, 2.05) is 57.2 Å². The van der Waals surface area contributed by atoms with Crippen LogP contribution in [0.25, 0.3) is 17.2 Å². The summed E-state index contributed by atoms with van der Waals surface area (Å²) in [6, 6.07) is 16.5. The molecule has 128 valence electrons. The van der Waals surface area contributed by atoms with Gasteiger partial charge in [-0.05, 0) is 64.8 Å². The maximum absolute atomic E-state index is 6.17. The third-order valence-electron chi connectivity index (χ3n) is 3.22. The lowest BCUT2D eigenvalue weighted by molar-refractivity contribution is 0.0782. The molecule has 0 aliphatic rings. The summed E-state index contributed by atoms with van der Waals surface area (Å²) in [5.41, 5.74) is 2.84. The Balaban J connectivity index is 2.49. The highest BCUT2D eigenvalue weighted by molar-refractivity contribution is 5.78. The monoisotopic (exact) mass is 324 g/mol. The van der Waals surface area contributed by atoms with Crippen LogP contribution in [0.5, 0.6) is 5.75 Å². The normalized spacial score (nSPS) is 12.4. The molecule has 0 radical (unpaired) electrons. The van der Waals surface area contributed by atoms with E-state index in [-0.39, 0.29) is 11.2 Å². The molecule has 2 rings (SSSR count). The predicted molar refractivity (Wildman–Crippen MR) is 102 cm³/mol. The molecule has 2 aromatic rings. The van der Waals surface area contributed by atoms with E-state index in [0.717, 1.165) is 22.4 Å². The molecule has 0 aromatic heterocycles. The molecule has 2 aromatic carbocycles. The first kappa shape index (κ1) is 18.1. The summed E-state index contributed by atoms with van der Waals surface area (Å²) in [5, 5.41) is 0. The molecule has 24 heavy (non-hydrogen) atoms. The Morgan fingerprint density at radius 1 is 0.750 bits per heavy atom. The molecule has 0 heterocycles. The lowest BCUT2D eigenvalue weighted by Crippen LogP contribution is -2.23. The Bertz CT molecular complexity index is 686. The van der Waals surface area contributed by atoms with Crippen molar-refractivity contribution in [3.05, 3.63) is 60.4 Å². The number of hydrogen-bond acceptors (Lipinski definition) is 2. The number of ether oxygens (including phenoxy) is 2. The van der Waals surface area contributed by atoms with E-state index in [0.29, 0.717) is 0 Å². The van der Waals surface area contributed by atoms with Crippen LogP contribution in [0, 0.1) is 0 Å². The standard InChI is InChI=1S/C22H28O2/c1-21(2,3)23-16-15-19-18(17-11-8-7-9-12-17)13-10-14-20(19)24-22(4,5)6/h7-16H,1-6H3. The molecule has 0 aliphatic heterocycles. The Kier molecular flexibility index (Phi) is 5.38. The third-order valence-corrected chi connectivity index (χ3v) is 3.22. The van der Waals surface area contributed by atoms with E-state index in [9.17, 15) is 0 Å². The van der Waals surface area contributed by atoms with Crippen LogP contribution in [0.15, 0.2) is 54.8 Å². The minimum absolute atomic E-state index is 0.219. The van der Waals surface area contributed by atoms with Crippen molar-refractivity contribution in [2.45, 2.75) is 52.7 Å². The van der Waals surface area contributed by atoms with Crippen LogP contribution in [0.1, 0.15) is 47.1 Å². The summed E-state index contributed by atoms with van der Waals surface area (Å²) in [5.74, 6) is 0.859. The second kappa shape index (κ2) is 7.12. The fourth-order valence-corrected chi connectivity index (χ4v) is 2.31. The zero-order chi connectivity index (χ0) is 17.8. The first-order chi connectivity index (χ1) is 11.2. The van der Waals surface area contributed by atoms with Gasteiger partial charge in [-0.25, -0.2) is 0 Å². The molecule has 0 fully saturated rings. The van der Waals surface area contributed by atoms with Gasteiger partial charge in [-0.3, -0.25) is 0 Å². The van der Waals surface area contributed by atoms with Gasteiger partial charge in [0.2, 0.25) is 0 Å². The second-order valence-electron chi connectivity index (χ2n) is 7.83. The maximum Gasteiger partial charge on any atom is 0.128 e. The second-order valence-corrected chi connectivity index (χ2v) is 7.83. The van der Waals surface area contributed by atoms with Crippen molar-refractivity contribution in [2.24, 2.45) is 0 Å². The van der Waals surface area contributed by atoms with Crippen LogP contribution >= 0.6 is 0 Å². The largest absolute Gasteiger partial charge is 0.496 e. The van der Waals surface area contributed by atoms with Crippen LogP contribution in [-0.2, 0) is 4.74 Å². The van der Waals surface area contributed by atoms with Gasteiger partial charge in [-0.2, -0.15) is 0 Å². The van der Waals surface area contributed by atoms with E-state index in [1.54, 1.807) is 6.26 Å². The van der Waals surface area contributed by atoms with Crippen molar-refractivity contribution in [3.63, 3.8) is 0 Å². The topological polar surface area (TPSA) is 18.5 Å². The summed E-state index contributed by atoms with van der Waals surface area (Å²) in [6.45, 7) is 12.3. The summed E-state index contributed by atoms with van der Waals surface area (Å²) < 4.78 is 11.9. The molecule has 0 saturated heterocycles. The molecule has 2 heteroatoms. The summed E-state index contributed by atoms with van der Waals surface area (Å²) in [6.07, 6.45) is 3.76. The third kappa shape index (κ3) is 5.45. The van der Waals surface area contributed by atoms with Gasteiger partial charge in [0.1, 0.15) is 11.4 Å². The van der Waals surface area contributed by atoms with Crippen molar-refractivity contribution in [2.75, 3.05) is 0 Å². The van der Waals surface area contributed by atoms with Gasteiger partial charge < -0.3 is 9.47 Å². The average molecular weight is 324 g/mol. The van der Waals surface area contributed by atoms with Gasteiger partial charge >= 0.3 is 0 Å². The Labute approximate surface area is 146 Å². The Morgan fingerprint density at radius 3 is 2.00 bits per heavy atom. The van der Waals surface area contributed by atoms with Gasteiger partial charge in [0.25, 0.3) is 0 Å². The van der Waals surface area contributed by atoms with Gasteiger partial charge in [0, 0.05) is 5.56 Å². The molecule has 0 amide bonds. The lowest BCUT2D eigenvalue weighted by atomic mass is 9.98. The van der Waals surface area contributed by atoms with E-state index >= 15 is 0 Å². The lowest BCUT2D eigenvalue weighted by Gasteiger charge is -2.24. The van der Waals surface area contributed by atoms with Gasteiger partial charge in [0.15, 0.2) is 0 Å². The molecule has 0 bridgehead atoms. The summed E-state index contributed by atoms with van der Waals surface area (Å²) in [4.78, 5) is 0. The van der Waals surface area contributed by atoms with Crippen LogP contribution in [0.4, 0.5) is 0 Å². The molecule has 0 unspecified atom stereocenters. The molecular formula is C22H28O2. The van der Waals surface area contributed by atoms with Crippen molar-refractivity contribution in [1.29, 1.82) is 0 Å². The van der Waals surface area contributed by atoms with E-state index in [2.05, 4.69) is 39.0 Å². The summed E-state index contributed by atoms with van der Waals surface area (Å²) >= 11 is 0. The van der Waals surface area contributed by atoms with Crippen LogP contribution in [0.2, 0.25) is 0 Å². The average Bonchev–Trinajstić information content (AvgIpc) is 2.47. The molecule has 0 saturated carbocycles. The zero-order valence-electron chi connectivity index (χ0n) is 15.6. The van der Waals surface area contributed by atoms with E-state index in [4.69, 9.17) is 9.47 Å². The number of benzene rings is 2. The highest BCUT2D eigenvalue weighted by Gasteiger charge is 2.16. The van der Waals surface area contributed by atoms with Gasteiger partial charge in [0.05, 0.1) is 11.9 Å². The highest BCUT2D eigenvalue weighted by Crippen LogP contribution is 2.34. The van der Waals surface area contributed by atoms with Gasteiger partial charge in [-0.15, -0.1) is 0 Å². The fraction of sp³-hybridized carbons (Fsp3) is 0.364. The first-order valence-electron chi connectivity index (χ1n) is 8.37. The fourth-order valence-electron chi connectivity index (χ4n) is 2.31. The predicted octanol–water partition coefficient (Wildman–Crippen LogP) is 6.32. The van der Waals surface area contributed by atoms with Crippen molar-refractivity contribution in [3.8, 4) is 16.9 Å². The molecule has 2 nitrogen and oxygen atoms in total. The minimum Gasteiger partial charge on any atom is -0.496 e. The Hall–Kier alpha value is -2.22. The van der Waals surface area contributed by atoms with Crippen LogP contribution in [0.3, 0.4) is 0 Å². The van der Waals surface area contributed by atoms with Gasteiger partial charge in [-0.1, -0.05) is 42.5 Å². The number of hydrogen-bond donors (Lipinski definition) is 0. The molecule has 0 aliphatic carbocycles.